The van der Waals surface area contributed by atoms with Gasteiger partial charge in [0.25, 0.3) is 0 Å². The first kappa shape index (κ1) is 15.2. The number of aliphatic hydroxyl groups excluding tert-OH is 1. The van der Waals surface area contributed by atoms with E-state index in [0.29, 0.717) is 13.0 Å². The molecule has 0 saturated carbocycles. The highest BCUT2D eigenvalue weighted by Gasteiger charge is 2.32. The number of anilines is 1. The fraction of sp³-hybridized carbons (Fsp3) is 0.286. The van der Waals surface area contributed by atoms with Crippen LogP contribution in [0, 0.1) is 0 Å². The van der Waals surface area contributed by atoms with Crippen molar-refractivity contribution in [3.05, 3.63) is 53.3 Å². The molecule has 1 heterocycles. The summed E-state index contributed by atoms with van der Waals surface area (Å²) in [6.07, 6.45) is -2.78. The molecule has 21 heavy (non-hydrogen) atoms. The Bertz CT molecular complexity index is 585. The zero-order valence-electron chi connectivity index (χ0n) is 11.1. The second kappa shape index (κ2) is 6.53. The Morgan fingerprint density at radius 2 is 1.71 bits per heavy atom. The van der Waals surface area contributed by atoms with E-state index in [1.165, 1.54) is 0 Å². The van der Waals surface area contributed by atoms with Crippen LogP contribution < -0.4 is 5.32 Å². The van der Waals surface area contributed by atoms with Crippen LogP contribution >= 0.6 is 0 Å². The average Bonchev–Trinajstić information content (AvgIpc) is 2.47. The van der Waals surface area contributed by atoms with Crippen LogP contribution in [0.15, 0.2) is 36.5 Å². The van der Waals surface area contributed by atoms with E-state index >= 15 is 0 Å². The highest BCUT2D eigenvalue weighted by atomic mass is 19.4. The van der Waals surface area contributed by atoms with Gasteiger partial charge in [0.05, 0.1) is 6.61 Å². The summed E-state index contributed by atoms with van der Waals surface area (Å²) in [4.78, 5) is 7.18. The quantitative estimate of drug-likeness (QED) is 0.891. The Balaban J connectivity index is 1.91. The van der Waals surface area contributed by atoms with Gasteiger partial charge in [0.15, 0.2) is 0 Å². The topological polar surface area (TPSA) is 58.0 Å². The molecule has 0 spiro atoms. The van der Waals surface area contributed by atoms with Crippen LogP contribution in [-0.2, 0) is 19.2 Å². The third-order valence-corrected chi connectivity index (χ3v) is 2.85. The maximum atomic E-state index is 12.5. The molecule has 0 saturated heterocycles. The smallest absolute Gasteiger partial charge is 0.392 e. The van der Waals surface area contributed by atoms with Crippen molar-refractivity contribution in [2.75, 3.05) is 11.9 Å². The molecule has 0 fully saturated rings. The second-order valence-corrected chi connectivity index (χ2v) is 4.41. The van der Waals surface area contributed by atoms with E-state index in [-0.39, 0.29) is 12.6 Å². The zero-order valence-corrected chi connectivity index (χ0v) is 11.1. The van der Waals surface area contributed by atoms with Crippen LogP contribution in [0.2, 0.25) is 0 Å². The van der Waals surface area contributed by atoms with Crippen molar-refractivity contribution in [1.29, 1.82) is 0 Å². The first-order valence-corrected chi connectivity index (χ1v) is 6.32. The summed E-state index contributed by atoms with van der Waals surface area (Å²) in [6, 6.07) is 8.16. The molecule has 2 aromatic rings. The van der Waals surface area contributed by atoms with Gasteiger partial charge < -0.3 is 10.4 Å². The van der Waals surface area contributed by atoms with E-state index in [1.807, 2.05) is 12.1 Å². The van der Waals surface area contributed by atoms with E-state index in [0.717, 1.165) is 23.4 Å². The zero-order chi connectivity index (χ0) is 15.3. The minimum atomic E-state index is -4.47. The Kier molecular flexibility index (Phi) is 4.74. The van der Waals surface area contributed by atoms with Gasteiger partial charge in [-0.15, -0.1) is 0 Å². The molecule has 0 amide bonds. The summed E-state index contributed by atoms with van der Waals surface area (Å²) in [7, 11) is 0. The lowest BCUT2D eigenvalue weighted by molar-refractivity contribution is -0.141. The normalized spacial score (nSPS) is 11.4. The van der Waals surface area contributed by atoms with Crippen LogP contribution in [-0.4, -0.2) is 21.6 Å². The number of rotatable bonds is 5. The Morgan fingerprint density at radius 3 is 2.33 bits per heavy atom. The van der Waals surface area contributed by atoms with Gasteiger partial charge in [-0.25, -0.2) is 9.97 Å². The standard InChI is InChI=1S/C14H14F3N3O/c15-14(16,17)12-6-8-19-13(20-12)18-7-5-10-1-3-11(9-21)4-2-10/h1-4,6,8,21H,5,7,9H2,(H,18,19,20). The van der Waals surface area contributed by atoms with Crippen LogP contribution in [0.4, 0.5) is 19.1 Å². The van der Waals surface area contributed by atoms with Crippen molar-refractivity contribution in [3.63, 3.8) is 0 Å². The summed E-state index contributed by atoms with van der Waals surface area (Å²) in [5.74, 6) is -0.0446. The predicted molar refractivity (Wildman–Crippen MR) is 71.6 cm³/mol. The van der Waals surface area contributed by atoms with Gasteiger partial charge in [0.1, 0.15) is 5.69 Å². The number of nitrogens with zero attached hydrogens (tertiary/aromatic N) is 2. The fourth-order valence-electron chi connectivity index (χ4n) is 1.73. The van der Waals surface area contributed by atoms with Gasteiger partial charge in [-0.1, -0.05) is 24.3 Å². The van der Waals surface area contributed by atoms with Gasteiger partial charge in [-0.05, 0) is 23.6 Å². The fourth-order valence-corrected chi connectivity index (χ4v) is 1.73. The van der Waals surface area contributed by atoms with Gasteiger partial charge >= 0.3 is 6.18 Å². The largest absolute Gasteiger partial charge is 0.433 e. The first-order valence-electron chi connectivity index (χ1n) is 6.32. The Morgan fingerprint density at radius 1 is 1.05 bits per heavy atom. The third kappa shape index (κ3) is 4.42. The van der Waals surface area contributed by atoms with Crippen molar-refractivity contribution in [1.82, 2.24) is 9.97 Å². The number of alkyl halides is 3. The summed E-state index contributed by atoms with van der Waals surface area (Å²) in [6.45, 7) is 0.399. The Hall–Kier alpha value is -2.15. The van der Waals surface area contributed by atoms with E-state index in [1.54, 1.807) is 12.1 Å². The van der Waals surface area contributed by atoms with E-state index < -0.39 is 11.9 Å². The molecular formula is C14H14F3N3O. The number of hydrogen-bond acceptors (Lipinski definition) is 4. The molecule has 7 heteroatoms. The van der Waals surface area contributed by atoms with E-state index in [2.05, 4.69) is 15.3 Å². The van der Waals surface area contributed by atoms with Crippen molar-refractivity contribution in [3.8, 4) is 0 Å². The van der Waals surface area contributed by atoms with Crippen molar-refractivity contribution >= 4 is 5.95 Å². The van der Waals surface area contributed by atoms with Gasteiger partial charge in [0.2, 0.25) is 5.95 Å². The molecular weight excluding hydrogens is 283 g/mol. The molecule has 0 aliphatic carbocycles. The summed E-state index contributed by atoms with van der Waals surface area (Å²) >= 11 is 0. The SMILES string of the molecule is OCc1ccc(CCNc2nccc(C(F)(F)F)n2)cc1. The third-order valence-electron chi connectivity index (χ3n) is 2.85. The number of benzene rings is 1. The number of nitrogens with one attached hydrogen (secondary N) is 1. The Labute approximate surface area is 119 Å². The van der Waals surface area contributed by atoms with Gasteiger partial charge in [-0.3, -0.25) is 0 Å². The molecule has 0 unspecified atom stereocenters. The first-order chi connectivity index (χ1) is 9.99. The van der Waals surface area contributed by atoms with E-state index in [4.69, 9.17) is 5.11 Å². The number of aromatic nitrogens is 2. The van der Waals surface area contributed by atoms with Crippen molar-refractivity contribution in [2.45, 2.75) is 19.2 Å². The van der Waals surface area contributed by atoms with Crippen LogP contribution in [0.3, 0.4) is 0 Å². The second-order valence-electron chi connectivity index (χ2n) is 4.41. The molecule has 1 aromatic carbocycles. The van der Waals surface area contributed by atoms with Gasteiger partial charge in [-0.2, -0.15) is 13.2 Å². The molecule has 0 radical (unpaired) electrons. The molecule has 4 nitrogen and oxygen atoms in total. The molecule has 2 N–H and O–H groups in total. The highest BCUT2D eigenvalue weighted by molar-refractivity contribution is 5.27. The minimum absolute atomic E-state index is 0.0173. The number of halogens is 3. The lowest BCUT2D eigenvalue weighted by Gasteiger charge is -2.08. The molecule has 0 aliphatic heterocycles. The summed E-state index contributed by atoms with van der Waals surface area (Å²) in [5, 5.41) is 11.7. The lowest BCUT2D eigenvalue weighted by Crippen LogP contribution is -2.13. The molecule has 1 aromatic heterocycles. The van der Waals surface area contributed by atoms with Crippen molar-refractivity contribution < 1.29 is 18.3 Å². The molecule has 2 rings (SSSR count). The molecule has 0 aliphatic rings. The van der Waals surface area contributed by atoms with Crippen LogP contribution in [0.25, 0.3) is 0 Å². The van der Waals surface area contributed by atoms with E-state index in [9.17, 15) is 13.2 Å². The lowest BCUT2D eigenvalue weighted by atomic mass is 10.1. The number of aliphatic hydroxyl groups is 1. The summed E-state index contributed by atoms with van der Waals surface area (Å²) < 4.78 is 37.5. The summed E-state index contributed by atoms with van der Waals surface area (Å²) in [5.41, 5.74) is 0.854. The van der Waals surface area contributed by atoms with Crippen LogP contribution in [0.1, 0.15) is 16.8 Å². The molecule has 112 valence electrons. The minimum Gasteiger partial charge on any atom is -0.392 e. The van der Waals surface area contributed by atoms with Crippen LogP contribution in [0.5, 0.6) is 0 Å². The maximum absolute atomic E-state index is 12.5. The predicted octanol–water partition coefficient (Wildman–Crippen LogP) is 2.64. The monoisotopic (exact) mass is 297 g/mol. The number of hydrogen-bond donors (Lipinski definition) is 2. The molecule has 0 bridgehead atoms. The maximum Gasteiger partial charge on any atom is 0.433 e. The average molecular weight is 297 g/mol. The molecule has 0 atom stereocenters. The highest BCUT2D eigenvalue weighted by Crippen LogP contribution is 2.27. The van der Waals surface area contributed by atoms with Crippen molar-refractivity contribution in [2.24, 2.45) is 0 Å². The van der Waals surface area contributed by atoms with Gasteiger partial charge in [0, 0.05) is 12.7 Å².